The number of Topliss-reactive ketones (excluding diaryl/α,β-unsaturated/α-hetero) is 1. The van der Waals surface area contributed by atoms with E-state index in [1.54, 1.807) is 18.2 Å². The van der Waals surface area contributed by atoms with Gasteiger partial charge in [-0.05, 0) is 29.8 Å². The van der Waals surface area contributed by atoms with Crippen molar-refractivity contribution >= 4 is 34.7 Å². The molecule has 1 N–H and O–H groups in total. The molecular formula is C19H13Cl2N3O. The van der Waals surface area contributed by atoms with Gasteiger partial charge in [0.1, 0.15) is 12.0 Å². The van der Waals surface area contributed by atoms with E-state index in [9.17, 15) is 4.79 Å². The molecule has 1 aliphatic heterocycles. The molecule has 0 saturated heterocycles. The van der Waals surface area contributed by atoms with Crippen LogP contribution in [0.1, 0.15) is 22.0 Å². The number of aromatic nitrogens is 2. The first-order valence-corrected chi connectivity index (χ1v) is 8.53. The van der Waals surface area contributed by atoms with E-state index in [0.29, 0.717) is 28.0 Å². The van der Waals surface area contributed by atoms with E-state index in [2.05, 4.69) is 15.3 Å². The predicted molar refractivity (Wildman–Crippen MR) is 99.5 cm³/mol. The van der Waals surface area contributed by atoms with Crippen LogP contribution in [0.15, 0.2) is 54.9 Å². The maximum absolute atomic E-state index is 12.9. The number of anilines is 1. The lowest BCUT2D eigenvalue weighted by Crippen LogP contribution is -2.16. The number of ketones is 1. The van der Waals surface area contributed by atoms with Crippen LogP contribution in [0.2, 0.25) is 10.0 Å². The Bertz CT molecular complexity index is 974. The Hall–Kier alpha value is -2.43. The highest BCUT2D eigenvalue weighted by atomic mass is 35.5. The average Bonchev–Trinajstić information content (AvgIpc) is 3.07. The lowest BCUT2D eigenvalue weighted by atomic mass is 9.94. The minimum atomic E-state index is -0.243. The first kappa shape index (κ1) is 16.1. The SMILES string of the molecule is O=C(c1cc(-c2ccc(Cl)c(Cl)c2)ncn1)C1CNc2ccccc21. The van der Waals surface area contributed by atoms with Gasteiger partial charge >= 0.3 is 0 Å². The maximum atomic E-state index is 12.9. The topological polar surface area (TPSA) is 54.9 Å². The third-order valence-electron chi connectivity index (χ3n) is 4.28. The zero-order chi connectivity index (χ0) is 17.4. The van der Waals surface area contributed by atoms with Crippen LogP contribution in [-0.2, 0) is 0 Å². The van der Waals surface area contributed by atoms with E-state index in [1.165, 1.54) is 6.33 Å². The van der Waals surface area contributed by atoms with E-state index in [4.69, 9.17) is 23.2 Å². The lowest BCUT2D eigenvalue weighted by molar-refractivity contribution is 0.0961. The smallest absolute Gasteiger partial charge is 0.190 e. The van der Waals surface area contributed by atoms with Gasteiger partial charge in [-0.15, -0.1) is 0 Å². The quantitative estimate of drug-likeness (QED) is 0.670. The van der Waals surface area contributed by atoms with Crippen molar-refractivity contribution in [3.63, 3.8) is 0 Å². The van der Waals surface area contributed by atoms with Crippen molar-refractivity contribution in [2.24, 2.45) is 0 Å². The Morgan fingerprint density at radius 2 is 1.88 bits per heavy atom. The Labute approximate surface area is 154 Å². The van der Waals surface area contributed by atoms with Crippen molar-refractivity contribution in [1.82, 2.24) is 9.97 Å². The van der Waals surface area contributed by atoms with Crippen LogP contribution in [0.5, 0.6) is 0 Å². The number of carbonyl (C=O) groups excluding carboxylic acids is 1. The molecule has 124 valence electrons. The van der Waals surface area contributed by atoms with Crippen molar-refractivity contribution < 1.29 is 4.79 Å². The Morgan fingerprint density at radius 1 is 1.04 bits per heavy atom. The number of nitrogens with zero attached hydrogens (tertiary/aromatic N) is 2. The molecule has 0 spiro atoms. The van der Waals surface area contributed by atoms with Crippen molar-refractivity contribution in [3.8, 4) is 11.3 Å². The van der Waals surface area contributed by atoms with E-state index in [0.717, 1.165) is 16.8 Å². The van der Waals surface area contributed by atoms with Crippen molar-refractivity contribution in [1.29, 1.82) is 0 Å². The summed E-state index contributed by atoms with van der Waals surface area (Å²) < 4.78 is 0. The average molecular weight is 370 g/mol. The second kappa shape index (κ2) is 6.47. The fourth-order valence-corrected chi connectivity index (χ4v) is 3.30. The number of para-hydroxylation sites is 1. The number of carbonyl (C=O) groups is 1. The minimum Gasteiger partial charge on any atom is -0.384 e. The van der Waals surface area contributed by atoms with E-state index < -0.39 is 0 Å². The van der Waals surface area contributed by atoms with Crippen molar-refractivity contribution in [2.45, 2.75) is 5.92 Å². The van der Waals surface area contributed by atoms with Crippen LogP contribution in [0, 0.1) is 0 Å². The molecule has 2 aromatic carbocycles. The van der Waals surface area contributed by atoms with Gasteiger partial charge in [0.05, 0.1) is 21.7 Å². The molecule has 6 heteroatoms. The van der Waals surface area contributed by atoms with Crippen LogP contribution < -0.4 is 5.32 Å². The molecule has 0 amide bonds. The number of benzene rings is 2. The molecule has 1 atom stereocenters. The van der Waals surface area contributed by atoms with Gasteiger partial charge in [0.15, 0.2) is 5.78 Å². The molecule has 2 heterocycles. The van der Waals surface area contributed by atoms with Crippen LogP contribution in [0.25, 0.3) is 11.3 Å². The fourth-order valence-electron chi connectivity index (χ4n) is 3.00. The molecule has 0 radical (unpaired) electrons. The first-order valence-electron chi connectivity index (χ1n) is 7.78. The molecule has 3 aromatic rings. The predicted octanol–water partition coefficient (Wildman–Crippen LogP) is 4.84. The third kappa shape index (κ3) is 2.99. The molecule has 0 saturated carbocycles. The highest BCUT2D eigenvalue weighted by Gasteiger charge is 2.29. The summed E-state index contributed by atoms with van der Waals surface area (Å²) in [7, 11) is 0. The highest BCUT2D eigenvalue weighted by molar-refractivity contribution is 6.42. The summed E-state index contributed by atoms with van der Waals surface area (Å²) in [6, 6.07) is 14.8. The number of rotatable bonds is 3. The lowest BCUT2D eigenvalue weighted by Gasteiger charge is -2.09. The Kier molecular flexibility index (Phi) is 4.15. The summed E-state index contributed by atoms with van der Waals surface area (Å²) in [5.74, 6) is -0.270. The van der Waals surface area contributed by atoms with Crippen LogP contribution in [0.4, 0.5) is 5.69 Å². The van der Waals surface area contributed by atoms with E-state index in [1.807, 2.05) is 30.3 Å². The van der Waals surface area contributed by atoms with Crippen molar-refractivity contribution in [3.05, 3.63) is 76.2 Å². The summed E-state index contributed by atoms with van der Waals surface area (Å²) in [6.45, 7) is 0.574. The minimum absolute atomic E-state index is 0.0267. The van der Waals surface area contributed by atoms with Gasteiger partial charge < -0.3 is 5.32 Å². The molecule has 25 heavy (non-hydrogen) atoms. The van der Waals surface area contributed by atoms with Gasteiger partial charge in [-0.2, -0.15) is 0 Å². The standard InChI is InChI=1S/C19H13Cl2N3O/c20-14-6-5-11(7-15(14)21)17-8-18(24-10-23-17)19(25)13-9-22-16-4-2-1-3-12(13)16/h1-8,10,13,22H,9H2. The van der Waals surface area contributed by atoms with Crippen LogP contribution in [0.3, 0.4) is 0 Å². The molecule has 0 aliphatic carbocycles. The zero-order valence-corrected chi connectivity index (χ0v) is 14.6. The molecule has 0 fully saturated rings. The molecule has 0 bridgehead atoms. The first-order chi connectivity index (χ1) is 12.1. The number of hydrogen-bond acceptors (Lipinski definition) is 4. The van der Waals surface area contributed by atoms with Gasteiger partial charge in [-0.1, -0.05) is 47.5 Å². The highest BCUT2D eigenvalue weighted by Crippen LogP contribution is 2.33. The van der Waals surface area contributed by atoms with Gasteiger partial charge in [0, 0.05) is 17.8 Å². The molecule has 1 aliphatic rings. The molecule has 4 nitrogen and oxygen atoms in total. The van der Waals surface area contributed by atoms with Gasteiger partial charge in [0.25, 0.3) is 0 Å². The largest absolute Gasteiger partial charge is 0.384 e. The number of fused-ring (bicyclic) bond motifs is 1. The second-order valence-corrected chi connectivity index (χ2v) is 6.62. The van der Waals surface area contributed by atoms with Crippen LogP contribution in [-0.4, -0.2) is 22.3 Å². The number of nitrogens with one attached hydrogen (secondary N) is 1. The second-order valence-electron chi connectivity index (χ2n) is 5.80. The van der Waals surface area contributed by atoms with Gasteiger partial charge in [-0.3, -0.25) is 4.79 Å². The van der Waals surface area contributed by atoms with Gasteiger partial charge in [-0.25, -0.2) is 9.97 Å². The summed E-state index contributed by atoms with van der Waals surface area (Å²) in [5, 5.41) is 4.18. The van der Waals surface area contributed by atoms with E-state index in [-0.39, 0.29) is 11.7 Å². The summed E-state index contributed by atoms with van der Waals surface area (Å²) in [4.78, 5) is 21.4. The third-order valence-corrected chi connectivity index (χ3v) is 5.02. The maximum Gasteiger partial charge on any atom is 0.190 e. The fraction of sp³-hybridized carbons (Fsp3) is 0.105. The molecular weight excluding hydrogens is 357 g/mol. The molecule has 4 rings (SSSR count). The van der Waals surface area contributed by atoms with Crippen molar-refractivity contribution in [2.75, 3.05) is 11.9 Å². The van der Waals surface area contributed by atoms with Crippen LogP contribution >= 0.6 is 23.2 Å². The van der Waals surface area contributed by atoms with E-state index >= 15 is 0 Å². The molecule has 1 aromatic heterocycles. The summed E-state index contributed by atoms with van der Waals surface area (Å²) in [5.41, 5.74) is 3.81. The summed E-state index contributed by atoms with van der Waals surface area (Å²) in [6.07, 6.45) is 1.40. The monoisotopic (exact) mass is 369 g/mol. The number of hydrogen-bond donors (Lipinski definition) is 1. The van der Waals surface area contributed by atoms with Gasteiger partial charge in [0.2, 0.25) is 0 Å². The molecule has 1 unspecified atom stereocenters. The number of halogens is 2. The Morgan fingerprint density at radius 3 is 2.72 bits per heavy atom. The normalized spacial score (nSPS) is 15.5. The zero-order valence-electron chi connectivity index (χ0n) is 13.0. The Balaban J connectivity index is 1.68. The summed E-state index contributed by atoms with van der Waals surface area (Å²) >= 11 is 12.0.